The molecular formula is C24H23NO4. The van der Waals surface area contributed by atoms with Crippen molar-refractivity contribution in [3.63, 3.8) is 0 Å². The number of nitrogens with one attached hydrogen (secondary N) is 1. The molecule has 0 saturated heterocycles. The van der Waals surface area contributed by atoms with E-state index in [0.717, 1.165) is 11.3 Å². The molecule has 0 radical (unpaired) electrons. The number of rotatable bonds is 8. The highest BCUT2D eigenvalue weighted by molar-refractivity contribution is 5.95. The summed E-state index contributed by atoms with van der Waals surface area (Å²) in [5, 5.41) is 2.74. The predicted octanol–water partition coefficient (Wildman–Crippen LogP) is 4.98. The summed E-state index contributed by atoms with van der Waals surface area (Å²) in [6, 6.07) is 26.1. The third-order valence-corrected chi connectivity index (χ3v) is 4.24. The van der Waals surface area contributed by atoms with Crippen molar-refractivity contribution in [2.75, 3.05) is 5.32 Å². The largest absolute Gasteiger partial charge is 0.457 e. The van der Waals surface area contributed by atoms with Gasteiger partial charge in [0, 0.05) is 12.1 Å². The maximum Gasteiger partial charge on any atom is 0.306 e. The predicted molar refractivity (Wildman–Crippen MR) is 112 cm³/mol. The molecule has 1 amide bonds. The molecule has 0 aliphatic rings. The molecule has 0 fully saturated rings. The second kappa shape index (κ2) is 10.1. The Labute approximate surface area is 170 Å². The van der Waals surface area contributed by atoms with Gasteiger partial charge in [-0.25, -0.2) is 0 Å². The van der Waals surface area contributed by atoms with Crippen LogP contribution in [0.1, 0.15) is 18.9 Å². The molecule has 3 aromatic carbocycles. The molecule has 0 bridgehead atoms. The Morgan fingerprint density at radius 2 is 1.41 bits per heavy atom. The average molecular weight is 389 g/mol. The number of carbonyl (C=O) groups is 2. The molecule has 29 heavy (non-hydrogen) atoms. The van der Waals surface area contributed by atoms with Crippen molar-refractivity contribution >= 4 is 17.6 Å². The van der Waals surface area contributed by atoms with Crippen LogP contribution in [0.4, 0.5) is 5.69 Å². The van der Waals surface area contributed by atoms with E-state index in [9.17, 15) is 9.59 Å². The van der Waals surface area contributed by atoms with Gasteiger partial charge in [-0.05, 0) is 55.3 Å². The summed E-state index contributed by atoms with van der Waals surface area (Å²) in [5.74, 6) is 0.618. The first-order valence-corrected chi connectivity index (χ1v) is 9.47. The molecule has 3 rings (SSSR count). The van der Waals surface area contributed by atoms with E-state index in [1.807, 2.05) is 60.7 Å². The lowest BCUT2D eigenvalue weighted by Gasteiger charge is -2.14. The highest BCUT2D eigenvalue weighted by Crippen LogP contribution is 2.22. The number of esters is 1. The fourth-order valence-corrected chi connectivity index (χ4v) is 2.68. The maximum atomic E-state index is 12.3. The van der Waals surface area contributed by atoms with Gasteiger partial charge in [-0.1, -0.05) is 48.5 Å². The summed E-state index contributed by atoms with van der Waals surface area (Å²) in [6.07, 6.45) is -0.0668. The summed E-state index contributed by atoms with van der Waals surface area (Å²) in [5.41, 5.74) is 1.65. The molecule has 5 nitrogen and oxygen atoms in total. The van der Waals surface area contributed by atoms with E-state index in [4.69, 9.17) is 9.47 Å². The lowest BCUT2D eigenvalue weighted by atomic mass is 10.1. The van der Waals surface area contributed by atoms with Gasteiger partial charge in [-0.3, -0.25) is 9.59 Å². The normalized spacial score (nSPS) is 11.3. The highest BCUT2D eigenvalue weighted by atomic mass is 16.5. The standard InChI is InChI=1S/C24H23NO4/c1-18(28-23(26)17-12-19-8-4-2-5-9-19)24(27)25-20-13-15-22(16-14-20)29-21-10-6-3-7-11-21/h2-11,13-16,18H,12,17H2,1H3,(H,25,27)/t18-/m1/s1. The second-order valence-electron chi connectivity index (χ2n) is 6.55. The summed E-state index contributed by atoms with van der Waals surface area (Å²) in [6.45, 7) is 1.56. The van der Waals surface area contributed by atoms with E-state index in [1.54, 1.807) is 31.2 Å². The van der Waals surface area contributed by atoms with Crippen LogP contribution in [0.25, 0.3) is 0 Å². The third-order valence-electron chi connectivity index (χ3n) is 4.24. The molecule has 0 aromatic heterocycles. The molecule has 148 valence electrons. The molecule has 0 aliphatic heterocycles. The first-order valence-electron chi connectivity index (χ1n) is 9.47. The summed E-state index contributed by atoms with van der Waals surface area (Å²) in [4.78, 5) is 24.3. The van der Waals surface area contributed by atoms with E-state index in [0.29, 0.717) is 17.9 Å². The Hall–Kier alpha value is -3.60. The zero-order valence-electron chi connectivity index (χ0n) is 16.2. The smallest absolute Gasteiger partial charge is 0.306 e. The molecule has 5 heteroatoms. The fraction of sp³-hybridized carbons (Fsp3) is 0.167. The van der Waals surface area contributed by atoms with Crippen LogP contribution in [-0.4, -0.2) is 18.0 Å². The Morgan fingerprint density at radius 1 is 0.828 bits per heavy atom. The Kier molecular flexibility index (Phi) is 7.00. The van der Waals surface area contributed by atoms with Crippen molar-refractivity contribution in [1.82, 2.24) is 0 Å². The number of benzene rings is 3. The van der Waals surface area contributed by atoms with Crippen LogP contribution in [0.2, 0.25) is 0 Å². The van der Waals surface area contributed by atoms with Gasteiger partial charge in [0.1, 0.15) is 11.5 Å². The van der Waals surface area contributed by atoms with Gasteiger partial charge in [0.05, 0.1) is 0 Å². The number of anilines is 1. The van der Waals surface area contributed by atoms with Gasteiger partial charge in [0.15, 0.2) is 6.10 Å². The van der Waals surface area contributed by atoms with Crippen LogP contribution >= 0.6 is 0 Å². The van der Waals surface area contributed by atoms with Gasteiger partial charge in [0.25, 0.3) is 5.91 Å². The third kappa shape index (κ3) is 6.50. The highest BCUT2D eigenvalue weighted by Gasteiger charge is 2.18. The van der Waals surface area contributed by atoms with Crippen molar-refractivity contribution < 1.29 is 19.1 Å². The second-order valence-corrected chi connectivity index (χ2v) is 6.55. The van der Waals surface area contributed by atoms with E-state index in [2.05, 4.69) is 5.32 Å². The quantitative estimate of drug-likeness (QED) is 0.552. The Bertz CT molecular complexity index is 924. The summed E-state index contributed by atoms with van der Waals surface area (Å²) >= 11 is 0. The van der Waals surface area contributed by atoms with Crippen molar-refractivity contribution in [2.45, 2.75) is 25.9 Å². The molecule has 0 aliphatic carbocycles. The number of amides is 1. The van der Waals surface area contributed by atoms with Crippen LogP contribution in [0.15, 0.2) is 84.9 Å². The number of ether oxygens (including phenoxy) is 2. The van der Waals surface area contributed by atoms with Crippen molar-refractivity contribution in [3.8, 4) is 11.5 Å². The SMILES string of the molecule is C[C@@H](OC(=O)CCc1ccccc1)C(=O)Nc1ccc(Oc2ccccc2)cc1. The molecule has 3 aromatic rings. The lowest BCUT2D eigenvalue weighted by Crippen LogP contribution is -2.30. The van der Waals surface area contributed by atoms with Gasteiger partial charge in [-0.2, -0.15) is 0 Å². The zero-order valence-corrected chi connectivity index (χ0v) is 16.2. The average Bonchev–Trinajstić information content (AvgIpc) is 2.75. The van der Waals surface area contributed by atoms with Crippen LogP contribution in [0.5, 0.6) is 11.5 Å². The van der Waals surface area contributed by atoms with Gasteiger partial charge >= 0.3 is 5.97 Å². The minimum Gasteiger partial charge on any atom is -0.457 e. The van der Waals surface area contributed by atoms with Crippen molar-refractivity contribution in [2.24, 2.45) is 0 Å². The molecule has 0 spiro atoms. The van der Waals surface area contributed by atoms with Crippen LogP contribution in [0.3, 0.4) is 0 Å². The van der Waals surface area contributed by atoms with Crippen LogP contribution in [0, 0.1) is 0 Å². The summed E-state index contributed by atoms with van der Waals surface area (Å²) in [7, 11) is 0. The molecule has 1 N–H and O–H groups in total. The van der Waals surface area contributed by atoms with Gasteiger partial charge in [0.2, 0.25) is 0 Å². The van der Waals surface area contributed by atoms with E-state index in [1.165, 1.54) is 0 Å². The molecule has 0 heterocycles. The monoisotopic (exact) mass is 389 g/mol. The van der Waals surface area contributed by atoms with E-state index >= 15 is 0 Å². The number of hydrogen-bond donors (Lipinski definition) is 1. The van der Waals surface area contributed by atoms with Gasteiger partial charge in [-0.15, -0.1) is 0 Å². The first-order chi connectivity index (χ1) is 14.1. The topological polar surface area (TPSA) is 64.6 Å². The van der Waals surface area contributed by atoms with Crippen LogP contribution < -0.4 is 10.1 Å². The van der Waals surface area contributed by atoms with E-state index < -0.39 is 12.1 Å². The number of para-hydroxylation sites is 1. The lowest BCUT2D eigenvalue weighted by molar-refractivity contribution is -0.153. The molecule has 0 saturated carbocycles. The Morgan fingerprint density at radius 3 is 2.07 bits per heavy atom. The molecular weight excluding hydrogens is 366 g/mol. The number of hydrogen-bond acceptors (Lipinski definition) is 4. The Balaban J connectivity index is 1.45. The van der Waals surface area contributed by atoms with Crippen molar-refractivity contribution in [1.29, 1.82) is 0 Å². The zero-order chi connectivity index (χ0) is 20.5. The first kappa shape index (κ1) is 20.1. The van der Waals surface area contributed by atoms with Crippen molar-refractivity contribution in [3.05, 3.63) is 90.5 Å². The van der Waals surface area contributed by atoms with E-state index in [-0.39, 0.29) is 12.3 Å². The minimum absolute atomic E-state index is 0.229. The number of aryl methyl sites for hydroxylation is 1. The molecule has 0 unspecified atom stereocenters. The maximum absolute atomic E-state index is 12.3. The molecule has 1 atom stereocenters. The van der Waals surface area contributed by atoms with Crippen LogP contribution in [-0.2, 0) is 20.7 Å². The number of carbonyl (C=O) groups excluding carboxylic acids is 2. The van der Waals surface area contributed by atoms with Gasteiger partial charge < -0.3 is 14.8 Å². The summed E-state index contributed by atoms with van der Waals surface area (Å²) < 4.78 is 11.0. The minimum atomic E-state index is -0.876. The fourth-order valence-electron chi connectivity index (χ4n) is 2.68.